The Morgan fingerprint density at radius 3 is 2.53 bits per heavy atom. The van der Waals surface area contributed by atoms with E-state index in [-0.39, 0.29) is 6.03 Å². The molecule has 1 N–H and O–H groups in total. The van der Waals surface area contributed by atoms with Gasteiger partial charge in [-0.05, 0) is 20.0 Å². The molecule has 2 amide bonds. The maximum absolute atomic E-state index is 12.4. The number of likely N-dealkylation sites (tertiary alicyclic amines) is 1. The predicted octanol–water partition coefficient (Wildman–Crippen LogP) is 0.448. The second-order valence-electron chi connectivity index (χ2n) is 5.52. The smallest absolute Gasteiger partial charge is 0.327 e. The molecule has 0 aromatic rings. The summed E-state index contributed by atoms with van der Waals surface area (Å²) in [6.45, 7) is 3.51. The fourth-order valence-corrected chi connectivity index (χ4v) is 3.93. The van der Waals surface area contributed by atoms with Crippen LogP contribution >= 0.6 is 11.8 Å². The van der Waals surface area contributed by atoms with Crippen LogP contribution in [0.1, 0.15) is 6.92 Å². The largest absolute Gasteiger partial charge is 0.480 e. The van der Waals surface area contributed by atoms with Crippen molar-refractivity contribution >= 4 is 23.8 Å². The normalized spacial score (nSPS) is 31.3. The number of carboxylic acid groups (broad SMARTS) is 1. The van der Waals surface area contributed by atoms with Gasteiger partial charge >= 0.3 is 12.0 Å². The van der Waals surface area contributed by atoms with E-state index in [4.69, 9.17) is 5.11 Å². The Kier molecular flexibility index (Phi) is 4.25. The molecule has 0 spiro atoms. The molecule has 2 aliphatic heterocycles. The van der Waals surface area contributed by atoms with Crippen molar-refractivity contribution in [2.24, 2.45) is 5.92 Å². The highest BCUT2D eigenvalue weighted by Gasteiger charge is 2.41. The van der Waals surface area contributed by atoms with Gasteiger partial charge in [0.2, 0.25) is 0 Å². The van der Waals surface area contributed by atoms with Crippen molar-refractivity contribution in [1.82, 2.24) is 14.7 Å². The summed E-state index contributed by atoms with van der Waals surface area (Å²) in [7, 11) is 4.03. The summed E-state index contributed by atoms with van der Waals surface area (Å²) < 4.78 is 0. The van der Waals surface area contributed by atoms with E-state index in [1.165, 1.54) is 16.7 Å². The number of carboxylic acids is 1. The van der Waals surface area contributed by atoms with Crippen LogP contribution in [-0.2, 0) is 4.79 Å². The lowest BCUT2D eigenvalue weighted by Gasteiger charge is -2.27. The average Bonchev–Trinajstić information content (AvgIpc) is 2.93. The van der Waals surface area contributed by atoms with Gasteiger partial charge in [-0.1, -0.05) is 6.92 Å². The maximum Gasteiger partial charge on any atom is 0.327 e. The Morgan fingerprint density at radius 2 is 2.00 bits per heavy atom. The highest BCUT2D eigenvalue weighted by Crippen LogP contribution is 2.26. The van der Waals surface area contributed by atoms with Gasteiger partial charge in [0.15, 0.2) is 0 Å². The number of amides is 2. The predicted molar refractivity (Wildman–Crippen MR) is 74.2 cm³/mol. The topological polar surface area (TPSA) is 64.1 Å². The fourth-order valence-electron chi connectivity index (χ4n) is 2.80. The summed E-state index contributed by atoms with van der Waals surface area (Å²) in [5.41, 5.74) is 0. The first kappa shape index (κ1) is 14.5. The highest BCUT2D eigenvalue weighted by atomic mass is 32.2. The molecule has 6 nitrogen and oxygen atoms in total. The zero-order valence-electron chi connectivity index (χ0n) is 11.6. The maximum atomic E-state index is 12.4. The lowest BCUT2D eigenvalue weighted by atomic mass is 10.1. The van der Waals surface area contributed by atoms with Gasteiger partial charge in [0.25, 0.3) is 0 Å². The highest BCUT2D eigenvalue weighted by molar-refractivity contribution is 7.99. The number of hydrogen-bond donors (Lipinski definition) is 1. The number of aliphatic carboxylic acids is 1. The molecule has 0 bridgehead atoms. The van der Waals surface area contributed by atoms with E-state index in [0.717, 1.165) is 0 Å². The number of hydrogen-bond acceptors (Lipinski definition) is 4. The molecule has 0 aliphatic carbocycles. The molecule has 19 heavy (non-hydrogen) atoms. The number of thioether (sulfide) groups is 1. The van der Waals surface area contributed by atoms with E-state index in [9.17, 15) is 9.59 Å². The Morgan fingerprint density at radius 1 is 1.32 bits per heavy atom. The Balaban J connectivity index is 2.03. The Labute approximate surface area is 117 Å². The van der Waals surface area contributed by atoms with E-state index in [1.54, 1.807) is 4.90 Å². The van der Waals surface area contributed by atoms with E-state index in [2.05, 4.69) is 11.8 Å². The van der Waals surface area contributed by atoms with Crippen LogP contribution in [0.15, 0.2) is 0 Å². The quantitative estimate of drug-likeness (QED) is 0.799. The summed E-state index contributed by atoms with van der Waals surface area (Å²) in [5, 5.41) is 9.13. The molecule has 3 unspecified atom stereocenters. The molecule has 2 fully saturated rings. The number of carbonyl (C=O) groups is 2. The van der Waals surface area contributed by atoms with Gasteiger partial charge in [0, 0.05) is 24.9 Å². The lowest BCUT2D eigenvalue weighted by Crippen LogP contribution is -2.48. The van der Waals surface area contributed by atoms with Gasteiger partial charge in [-0.3, -0.25) is 0 Å². The molecular formula is C12H21N3O3S. The zero-order chi connectivity index (χ0) is 14.2. The summed E-state index contributed by atoms with van der Waals surface area (Å²) in [5.74, 6) is 0.474. The minimum Gasteiger partial charge on any atom is -0.480 e. The molecule has 0 aromatic heterocycles. The minimum atomic E-state index is -0.908. The van der Waals surface area contributed by atoms with Crippen LogP contribution in [0.25, 0.3) is 0 Å². The van der Waals surface area contributed by atoms with Gasteiger partial charge in [0.1, 0.15) is 6.04 Å². The lowest BCUT2D eigenvalue weighted by molar-refractivity contribution is -0.140. The van der Waals surface area contributed by atoms with Crippen LogP contribution in [0.2, 0.25) is 0 Å². The second-order valence-corrected chi connectivity index (χ2v) is 6.52. The van der Waals surface area contributed by atoms with Crippen molar-refractivity contribution in [2.45, 2.75) is 19.0 Å². The van der Waals surface area contributed by atoms with Gasteiger partial charge in [-0.15, -0.1) is 11.8 Å². The van der Waals surface area contributed by atoms with Crippen molar-refractivity contribution in [2.75, 3.05) is 38.8 Å². The van der Waals surface area contributed by atoms with E-state index >= 15 is 0 Å². The van der Waals surface area contributed by atoms with Crippen LogP contribution in [0.3, 0.4) is 0 Å². The van der Waals surface area contributed by atoms with Crippen molar-refractivity contribution in [3.8, 4) is 0 Å². The first-order chi connectivity index (χ1) is 8.91. The first-order valence-corrected chi connectivity index (χ1v) is 7.59. The van der Waals surface area contributed by atoms with Gasteiger partial charge in [0.05, 0.1) is 5.88 Å². The van der Waals surface area contributed by atoms with Crippen molar-refractivity contribution in [1.29, 1.82) is 0 Å². The summed E-state index contributed by atoms with van der Waals surface area (Å²) in [6, 6.07) is -0.456. The van der Waals surface area contributed by atoms with E-state index < -0.39 is 12.0 Å². The summed E-state index contributed by atoms with van der Waals surface area (Å²) in [6.07, 6.45) is 0. The standard InChI is InChI=1S/C12H21N3O3S/c1-8-4-14(5-9(8)13(2)3)12(18)15-7-19-6-10(15)11(16)17/h8-10H,4-7H2,1-3H3,(H,16,17). The molecule has 7 heteroatoms. The van der Waals surface area contributed by atoms with E-state index in [0.29, 0.717) is 36.7 Å². The molecule has 2 rings (SSSR count). The van der Waals surface area contributed by atoms with Crippen molar-refractivity contribution in [3.05, 3.63) is 0 Å². The second kappa shape index (κ2) is 5.58. The number of carbonyl (C=O) groups excluding carboxylic acids is 1. The van der Waals surface area contributed by atoms with Crippen molar-refractivity contribution < 1.29 is 14.7 Å². The summed E-state index contributed by atoms with van der Waals surface area (Å²) in [4.78, 5) is 29.0. The Bertz CT molecular complexity index is 377. The molecule has 2 saturated heterocycles. The third kappa shape index (κ3) is 2.81. The van der Waals surface area contributed by atoms with Crippen LogP contribution in [0, 0.1) is 5.92 Å². The zero-order valence-corrected chi connectivity index (χ0v) is 12.4. The number of rotatable bonds is 2. The number of urea groups is 1. The van der Waals surface area contributed by atoms with Gasteiger partial charge < -0.3 is 19.8 Å². The third-order valence-electron chi connectivity index (χ3n) is 3.92. The first-order valence-electron chi connectivity index (χ1n) is 6.44. The molecule has 2 aliphatic rings. The van der Waals surface area contributed by atoms with Gasteiger partial charge in [-0.2, -0.15) is 0 Å². The number of likely N-dealkylation sites (N-methyl/N-ethyl adjacent to an activating group) is 1. The number of nitrogens with zero attached hydrogens (tertiary/aromatic N) is 3. The molecule has 0 aromatic carbocycles. The SMILES string of the molecule is CC1CN(C(=O)N2CSCC2C(=O)O)CC1N(C)C. The minimum absolute atomic E-state index is 0.131. The molecule has 0 radical (unpaired) electrons. The Hall–Kier alpha value is -0.950. The molecule has 108 valence electrons. The monoisotopic (exact) mass is 287 g/mol. The fraction of sp³-hybridized carbons (Fsp3) is 0.833. The van der Waals surface area contributed by atoms with Crippen LogP contribution in [-0.4, -0.2) is 82.7 Å². The average molecular weight is 287 g/mol. The van der Waals surface area contributed by atoms with Crippen molar-refractivity contribution in [3.63, 3.8) is 0 Å². The van der Waals surface area contributed by atoms with Crippen LogP contribution < -0.4 is 0 Å². The third-order valence-corrected chi connectivity index (χ3v) is 4.93. The molecule has 3 atom stereocenters. The van der Waals surface area contributed by atoms with E-state index in [1.807, 2.05) is 14.1 Å². The molecular weight excluding hydrogens is 266 g/mol. The summed E-state index contributed by atoms with van der Waals surface area (Å²) >= 11 is 1.50. The van der Waals surface area contributed by atoms with Crippen LogP contribution in [0.5, 0.6) is 0 Å². The van der Waals surface area contributed by atoms with Crippen LogP contribution in [0.4, 0.5) is 4.79 Å². The van der Waals surface area contributed by atoms with Gasteiger partial charge in [-0.25, -0.2) is 9.59 Å². The molecule has 0 saturated carbocycles. The molecule has 2 heterocycles.